The lowest BCUT2D eigenvalue weighted by atomic mass is 10.3. The molecule has 2 aromatic heterocycles. The molecule has 0 aliphatic carbocycles. The third-order valence-corrected chi connectivity index (χ3v) is 2.35. The van der Waals surface area contributed by atoms with Crippen LogP contribution in [0.2, 0.25) is 5.15 Å². The third-order valence-electron chi connectivity index (χ3n) is 2.14. The van der Waals surface area contributed by atoms with Gasteiger partial charge in [-0.15, -0.1) is 0 Å². The first kappa shape index (κ1) is 10.8. The summed E-state index contributed by atoms with van der Waals surface area (Å²) in [7, 11) is 0. The van der Waals surface area contributed by atoms with E-state index in [2.05, 4.69) is 10.3 Å². The van der Waals surface area contributed by atoms with Crippen LogP contribution in [0.5, 0.6) is 0 Å². The zero-order valence-corrected chi connectivity index (χ0v) is 9.37. The number of furan rings is 1. The summed E-state index contributed by atoms with van der Waals surface area (Å²) < 4.78 is 5.21. The SMILES string of the molecule is Nc1ccc(Cl)nc1NCCc1ccco1. The molecule has 4 nitrogen and oxygen atoms in total. The number of rotatable bonds is 4. The Hall–Kier alpha value is -1.68. The van der Waals surface area contributed by atoms with Gasteiger partial charge in [0.25, 0.3) is 0 Å². The predicted molar refractivity (Wildman–Crippen MR) is 64.6 cm³/mol. The number of nitrogens with one attached hydrogen (secondary N) is 1. The molecule has 2 heterocycles. The van der Waals surface area contributed by atoms with Gasteiger partial charge in [-0.1, -0.05) is 11.6 Å². The molecular formula is C11H12ClN3O. The largest absolute Gasteiger partial charge is 0.469 e. The highest BCUT2D eigenvalue weighted by molar-refractivity contribution is 6.29. The fourth-order valence-electron chi connectivity index (χ4n) is 1.35. The second kappa shape index (κ2) is 4.90. The number of anilines is 2. The van der Waals surface area contributed by atoms with Gasteiger partial charge in [0.2, 0.25) is 0 Å². The quantitative estimate of drug-likeness (QED) is 0.803. The van der Waals surface area contributed by atoms with Crippen LogP contribution in [0.25, 0.3) is 0 Å². The minimum absolute atomic E-state index is 0.426. The standard InChI is InChI=1S/C11H12ClN3O/c12-10-4-3-9(13)11(15-10)14-6-5-8-2-1-7-16-8/h1-4,7H,5-6,13H2,(H,14,15). The van der Waals surface area contributed by atoms with Crippen molar-refractivity contribution in [3.63, 3.8) is 0 Å². The van der Waals surface area contributed by atoms with Crippen LogP contribution in [0.3, 0.4) is 0 Å². The molecule has 3 N–H and O–H groups in total. The minimum atomic E-state index is 0.426. The maximum absolute atomic E-state index is 5.77. The topological polar surface area (TPSA) is 64.1 Å². The number of hydrogen-bond acceptors (Lipinski definition) is 4. The Labute approximate surface area is 98.4 Å². The maximum Gasteiger partial charge on any atom is 0.150 e. The molecule has 84 valence electrons. The lowest BCUT2D eigenvalue weighted by Crippen LogP contribution is -2.08. The molecule has 2 aromatic rings. The molecule has 0 aliphatic heterocycles. The van der Waals surface area contributed by atoms with Gasteiger partial charge in [0, 0.05) is 13.0 Å². The highest BCUT2D eigenvalue weighted by Gasteiger charge is 2.02. The molecule has 16 heavy (non-hydrogen) atoms. The zero-order chi connectivity index (χ0) is 11.4. The number of nitrogen functional groups attached to an aromatic ring is 1. The van der Waals surface area contributed by atoms with Crippen LogP contribution in [0.1, 0.15) is 5.76 Å². The third kappa shape index (κ3) is 2.67. The molecule has 0 bridgehead atoms. The van der Waals surface area contributed by atoms with Crippen molar-refractivity contribution >= 4 is 23.1 Å². The smallest absolute Gasteiger partial charge is 0.150 e. The summed E-state index contributed by atoms with van der Waals surface area (Å²) in [5, 5.41) is 3.54. The fourth-order valence-corrected chi connectivity index (χ4v) is 1.49. The summed E-state index contributed by atoms with van der Waals surface area (Å²) in [5.41, 5.74) is 6.33. The summed E-state index contributed by atoms with van der Waals surface area (Å²) in [6, 6.07) is 7.18. The number of halogens is 1. The molecule has 0 saturated carbocycles. The molecule has 0 aromatic carbocycles. The average molecular weight is 238 g/mol. The van der Waals surface area contributed by atoms with E-state index in [0.717, 1.165) is 12.2 Å². The van der Waals surface area contributed by atoms with Crippen LogP contribution in [-0.2, 0) is 6.42 Å². The molecule has 0 radical (unpaired) electrons. The van der Waals surface area contributed by atoms with Crippen LogP contribution in [0.4, 0.5) is 11.5 Å². The minimum Gasteiger partial charge on any atom is -0.469 e. The van der Waals surface area contributed by atoms with Gasteiger partial charge in [-0.3, -0.25) is 0 Å². The second-order valence-corrected chi connectivity index (χ2v) is 3.72. The lowest BCUT2D eigenvalue weighted by molar-refractivity contribution is 0.513. The molecule has 0 spiro atoms. The summed E-state index contributed by atoms with van der Waals surface area (Å²) in [4.78, 5) is 4.09. The van der Waals surface area contributed by atoms with Crippen LogP contribution in [0.15, 0.2) is 34.9 Å². The van der Waals surface area contributed by atoms with E-state index < -0.39 is 0 Å². The molecule has 0 fully saturated rings. The number of nitrogens with zero attached hydrogens (tertiary/aromatic N) is 1. The van der Waals surface area contributed by atoms with Crippen molar-refractivity contribution in [1.82, 2.24) is 4.98 Å². The van der Waals surface area contributed by atoms with Gasteiger partial charge in [-0.05, 0) is 24.3 Å². The van der Waals surface area contributed by atoms with Crippen molar-refractivity contribution in [1.29, 1.82) is 0 Å². The van der Waals surface area contributed by atoms with Crippen LogP contribution < -0.4 is 11.1 Å². The van der Waals surface area contributed by atoms with E-state index in [1.165, 1.54) is 0 Å². The molecule has 5 heteroatoms. The Morgan fingerprint density at radius 1 is 1.38 bits per heavy atom. The van der Waals surface area contributed by atoms with Gasteiger partial charge in [-0.2, -0.15) is 0 Å². The van der Waals surface area contributed by atoms with Gasteiger partial charge >= 0.3 is 0 Å². The number of nitrogens with two attached hydrogens (primary N) is 1. The summed E-state index contributed by atoms with van der Waals surface area (Å²) >= 11 is 5.77. The van der Waals surface area contributed by atoms with E-state index in [4.69, 9.17) is 21.8 Å². The van der Waals surface area contributed by atoms with Gasteiger partial charge < -0.3 is 15.5 Å². The first-order valence-electron chi connectivity index (χ1n) is 4.94. The Morgan fingerprint density at radius 3 is 3.00 bits per heavy atom. The van der Waals surface area contributed by atoms with E-state index in [1.807, 2.05) is 12.1 Å². The summed E-state index contributed by atoms with van der Waals surface area (Å²) in [6.45, 7) is 0.699. The van der Waals surface area contributed by atoms with Crippen LogP contribution in [-0.4, -0.2) is 11.5 Å². The first-order valence-corrected chi connectivity index (χ1v) is 5.32. The Balaban J connectivity index is 1.92. The van der Waals surface area contributed by atoms with Crippen molar-refractivity contribution in [3.8, 4) is 0 Å². The van der Waals surface area contributed by atoms with E-state index in [0.29, 0.717) is 23.2 Å². The van der Waals surface area contributed by atoms with Crippen molar-refractivity contribution in [2.75, 3.05) is 17.6 Å². The van der Waals surface area contributed by atoms with Crippen molar-refractivity contribution in [3.05, 3.63) is 41.4 Å². The molecule has 0 unspecified atom stereocenters. The van der Waals surface area contributed by atoms with E-state index in [9.17, 15) is 0 Å². The number of aromatic nitrogens is 1. The fraction of sp³-hybridized carbons (Fsp3) is 0.182. The molecule has 0 aliphatic rings. The first-order chi connectivity index (χ1) is 7.75. The monoisotopic (exact) mass is 237 g/mol. The Bertz CT molecular complexity index is 456. The van der Waals surface area contributed by atoms with E-state index >= 15 is 0 Å². The van der Waals surface area contributed by atoms with Crippen molar-refractivity contribution in [2.24, 2.45) is 0 Å². The predicted octanol–water partition coefficient (Wildman–Crippen LogP) is 2.56. The highest BCUT2D eigenvalue weighted by Crippen LogP contribution is 2.18. The van der Waals surface area contributed by atoms with Crippen LogP contribution in [0, 0.1) is 0 Å². The highest BCUT2D eigenvalue weighted by atomic mass is 35.5. The normalized spacial score (nSPS) is 10.3. The van der Waals surface area contributed by atoms with Gasteiger partial charge in [0.15, 0.2) is 5.82 Å². The average Bonchev–Trinajstić information content (AvgIpc) is 2.76. The van der Waals surface area contributed by atoms with Gasteiger partial charge in [-0.25, -0.2) is 4.98 Å². The molecule has 2 rings (SSSR count). The molecule has 0 amide bonds. The second-order valence-electron chi connectivity index (χ2n) is 3.33. The summed E-state index contributed by atoms with van der Waals surface area (Å²) in [6.07, 6.45) is 2.43. The molecule has 0 saturated heterocycles. The van der Waals surface area contributed by atoms with Crippen LogP contribution >= 0.6 is 11.6 Å². The van der Waals surface area contributed by atoms with Gasteiger partial charge in [0.1, 0.15) is 10.9 Å². The van der Waals surface area contributed by atoms with Crippen molar-refractivity contribution < 1.29 is 4.42 Å². The molecule has 0 atom stereocenters. The maximum atomic E-state index is 5.77. The number of pyridine rings is 1. The molecular weight excluding hydrogens is 226 g/mol. The summed E-state index contributed by atoms with van der Waals surface area (Å²) in [5.74, 6) is 1.53. The zero-order valence-electron chi connectivity index (χ0n) is 8.61. The van der Waals surface area contributed by atoms with Gasteiger partial charge in [0.05, 0.1) is 12.0 Å². The number of hydrogen-bond donors (Lipinski definition) is 2. The van der Waals surface area contributed by atoms with Crippen molar-refractivity contribution in [2.45, 2.75) is 6.42 Å². The lowest BCUT2D eigenvalue weighted by Gasteiger charge is -2.07. The van der Waals surface area contributed by atoms with E-state index in [-0.39, 0.29) is 0 Å². The van der Waals surface area contributed by atoms with E-state index in [1.54, 1.807) is 18.4 Å². The Morgan fingerprint density at radius 2 is 2.25 bits per heavy atom. The Kier molecular flexibility index (Phi) is 3.31.